The fourth-order valence-electron chi connectivity index (χ4n) is 2.15. The summed E-state index contributed by atoms with van der Waals surface area (Å²) in [5.74, 6) is -0.136. The summed E-state index contributed by atoms with van der Waals surface area (Å²) < 4.78 is 34.5. The molecule has 0 aliphatic carbocycles. The van der Waals surface area contributed by atoms with Gasteiger partial charge in [0.1, 0.15) is 0 Å². The first-order valence-corrected chi connectivity index (χ1v) is 7.76. The van der Waals surface area contributed by atoms with Crippen LogP contribution in [0.3, 0.4) is 0 Å². The number of ether oxygens (including phenoxy) is 2. The van der Waals surface area contributed by atoms with E-state index < -0.39 is 6.61 Å². The van der Waals surface area contributed by atoms with Crippen molar-refractivity contribution in [2.75, 3.05) is 11.9 Å². The zero-order valence-electron chi connectivity index (χ0n) is 14.0. The maximum absolute atomic E-state index is 12.4. The summed E-state index contributed by atoms with van der Waals surface area (Å²) in [7, 11) is 0. The number of para-hydroxylation sites is 1. The van der Waals surface area contributed by atoms with Crippen molar-refractivity contribution in [2.45, 2.75) is 20.5 Å². The second-order valence-electron chi connectivity index (χ2n) is 5.16. The average molecular weight is 347 g/mol. The van der Waals surface area contributed by atoms with Crippen LogP contribution in [0.4, 0.5) is 14.5 Å². The quantitative estimate of drug-likeness (QED) is 0.742. The highest BCUT2D eigenvalue weighted by Crippen LogP contribution is 2.30. The second-order valence-corrected chi connectivity index (χ2v) is 5.16. The first-order chi connectivity index (χ1) is 12.0. The molecule has 0 bridgehead atoms. The molecule has 25 heavy (non-hydrogen) atoms. The lowest BCUT2D eigenvalue weighted by Gasteiger charge is -2.11. The molecule has 0 unspecified atom stereocenters. The summed E-state index contributed by atoms with van der Waals surface area (Å²) in [6.07, 6.45) is 2.94. The van der Waals surface area contributed by atoms with Crippen LogP contribution in [-0.4, -0.2) is 19.1 Å². The van der Waals surface area contributed by atoms with E-state index in [0.29, 0.717) is 12.2 Å². The number of carbonyl (C=O) groups is 1. The lowest BCUT2D eigenvalue weighted by Crippen LogP contribution is -2.08. The molecule has 1 amide bonds. The summed E-state index contributed by atoms with van der Waals surface area (Å²) in [6, 6.07) is 11.9. The van der Waals surface area contributed by atoms with Gasteiger partial charge in [0.2, 0.25) is 5.91 Å². The summed E-state index contributed by atoms with van der Waals surface area (Å²) in [4.78, 5) is 12.0. The van der Waals surface area contributed by atoms with Crippen LogP contribution in [0.1, 0.15) is 18.1 Å². The Balaban J connectivity index is 2.10. The van der Waals surface area contributed by atoms with Crippen LogP contribution in [0.2, 0.25) is 0 Å². The zero-order chi connectivity index (χ0) is 18.2. The van der Waals surface area contributed by atoms with Crippen molar-refractivity contribution in [2.24, 2.45) is 0 Å². The van der Waals surface area contributed by atoms with Crippen molar-refractivity contribution in [3.05, 3.63) is 59.7 Å². The molecule has 0 fully saturated rings. The topological polar surface area (TPSA) is 47.6 Å². The minimum Gasteiger partial charge on any atom is -0.490 e. The number of amides is 1. The van der Waals surface area contributed by atoms with Gasteiger partial charge in [0.15, 0.2) is 11.5 Å². The molecule has 4 nitrogen and oxygen atoms in total. The number of rotatable bonds is 7. The van der Waals surface area contributed by atoms with Gasteiger partial charge in [0.05, 0.1) is 6.61 Å². The summed E-state index contributed by atoms with van der Waals surface area (Å²) in [5, 5.41) is 2.78. The van der Waals surface area contributed by atoms with E-state index in [2.05, 4.69) is 10.1 Å². The van der Waals surface area contributed by atoms with E-state index in [-0.39, 0.29) is 17.4 Å². The Morgan fingerprint density at radius 1 is 1.20 bits per heavy atom. The van der Waals surface area contributed by atoms with Crippen molar-refractivity contribution in [1.82, 2.24) is 0 Å². The maximum Gasteiger partial charge on any atom is 0.387 e. The van der Waals surface area contributed by atoms with Gasteiger partial charge in [-0.2, -0.15) is 8.78 Å². The standard InChI is InChI=1S/C19H19F2NO3/c1-3-24-17-12-14(8-10-16(17)25-19(20)21)9-11-18(23)22-15-7-5-4-6-13(15)2/h4-12,19H,3H2,1-2H3,(H,22,23)/b11-9+. The predicted molar refractivity (Wildman–Crippen MR) is 93.1 cm³/mol. The van der Waals surface area contributed by atoms with Crippen molar-refractivity contribution < 1.29 is 23.0 Å². The number of hydrogen-bond donors (Lipinski definition) is 1. The predicted octanol–water partition coefficient (Wildman–Crippen LogP) is 4.65. The van der Waals surface area contributed by atoms with E-state index in [1.165, 1.54) is 12.1 Å². The Morgan fingerprint density at radius 2 is 1.96 bits per heavy atom. The number of nitrogens with one attached hydrogen (secondary N) is 1. The van der Waals surface area contributed by atoms with Crippen LogP contribution < -0.4 is 14.8 Å². The molecule has 0 aliphatic rings. The molecule has 2 rings (SSSR count). The third-order valence-electron chi connectivity index (χ3n) is 3.31. The normalized spacial score (nSPS) is 10.9. The molecule has 132 valence electrons. The molecule has 0 atom stereocenters. The number of hydrogen-bond acceptors (Lipinski definition) is 3. The molecule has 2 aromatic carbocycles. The van der Waals surface area contributed by atoms with Crippen LogP contribution >= 0.6 is 0 Å². The molecule has 0 spiro atoms. The summed E-state index contributed by atoms with van der Waals surface area (Å²) >= 11 is 0. The Kier molecular flexibility index (Phi) is 6.51. The summed E-state index contributed by atoms with van der Waals surface area (Å²) in [6.45, 7) is 1.01. The molecular formula is C19H19F2NO3. The molecule has 0 saturated carbocycles. The van der Waals surface area contributed by atoms with Crippen LogP contribution in [0.5, 0.6) is 11.5 Å². The van der Waals surface area contributed by atoms with Crippen molar-refractivity contribution in [1.29, 1.82) is 0 Å². The number of anilines is 1. The molecule has 0 saturated heterocycles. The minimum atomic E-state index is -2.93. The van der Waals surface area contributed by atoms with Gasteiger partial charge in [0.25, 0.3) is 0 Å². The second kappa shape index (κ2) is 8.82. The van der Waals surface area contributed by atoms with E-state index in [9.17, 15) is 13.6 Å². The summed E-state index contributed by atoms with van der Waals surface area (Å²) in [5.41, 5.74) is 2.31. The zero-order valence-corrected chi connectivity index (χ0v) is 14.0. The number of alkyl halides is 2. The first kappa shape index (κ1) is 18.4. The van der Waals surface area contributed by atoms with Crippen LogP contribution in [0.15, 0.2) is 48.5 Å². The Hall–Kier alpha value is -2.89. The van der Waals surface area contributed by atoms with E-state index in [1.54, 1.807) is 25.1 Å². The molecule has 0 radical (unpaired) electrons. The van der Waals surface area contributed by atoms with Crippen LogP contribution in [0, 0.1) is 6.92 Å². The van der Waals surface area contributed by atoms with Gasteiger partial charge < -0.3 is 14.8 Å². The molecule has 0 aromatic heterocycles. The highest BCUT2D eigenvalue weighted by Gasteiger charge is 2.11. The lowest BCUT2D eigenvalue weighted by molar-refractivity contribution is -0.111. The molecular weight excluding hydrogens is 328 g/mol. The Bertz CT molecular complexity index is 760. The van der Waals surface area contributed by atoms with E-state index in [4.69, 9.17) is 4.74 Å². The monoisotopic (exact) mass is 347 g/mol. The van der Waals surface area contributed by atoms with Gasteiger partial charge >= 0.3 is 6.61 Å². The van der Waals surface area contributed by atoms with Crippen molar-refractivity contribution in [3.8, 4) is 11.5 Å². The average Bonchev–Trinajstić information content (AvgIpc) is 2.57. The molecule has 0 aliphatic heterocycles. The van der Waals surface area contributed by atoms with Gasteiger partial charge in [-0.15, -0.1) is 0 Å². The highest BCUT2D eigenvalue weighted by molar-refractivity contribution is 6.02. The van der Waals surface area contributed by atoms with Gasteiger partial charge in [0, 0.05) is 11.8 Å². The smallest absolute Gasteiger partial charge is 0.387 e. The number of benzene rings is 2. The lowest BCUT2D eigenvalue weighted by atomic mass is 10.1. The van der Waals surface area contributed by atoms with E-state index >= 15 is 0 Å². The maximum atomic E-state index is 12.4. The Morgan fingerprint density at radius 3 is 2.64 bits per heavy atom. The van der Waals surface area contributed by atoms with E-state index in [1.807, 2.05) is 31.2 Å². The minimum absolute atomic E-state index is 0.0432. The molecule has 1 N–H and O–H groups in total. The first-order valence-electron chi connectivity index (χ1n) is 7.76. The van der Waals surface area contributed by atoms with E-state index in [0.717, 1.165) is 11.3 Å². The van der Waals surface area contributed by atoms with Crippen molar-refractivity contribution >= 4 is 17.7 Å². The fourth-order valence-corrected chi connectivity index (χ4v) is 2.15. The van der Waals surface area contributed by atoms with Crippen LogP contribution in [-0.2, 0) is 4.79 Å². The molecule has 6 heteroatoms. The highest BCUT2D eigenvalue weighted by atomic mass is 19.3. The van der Waals surface area contributed by atoms with Gasteiger partial charge in [-0.05, 0) is 49.2 Å². The largest absolute Gasteiger partial charge is 0.490 e. The fraction of sp³-hybridized carbons (Fsp3) is 0.211. The SMILES string of the molecule is CCOc1cc(/C=C/C(=O)Nc2ccccc2C)ccc1OC(F)F. The Labute approximate surface area is 145 Å². The third kappa shape index (κ3) is 5.60. The molecule has 0 heterocycles. The van der Waals surface area contributed by atoms with Gasteiger partial charge in [-0.1, -0.05) is 24.3 Å². The number of carbonyl (C=O) groups excluding carboxylic acids is 1. The molecule has 2 aromatic rings. The number of aryl methyl sites for hydroxylation is 1. The van der Waals surface area contributed by atoms with Crippen molar-refractivity contribution in [3.63, 3.8) is 0 Å². The van der Waals surface area contributed by atoms with Crippen LogP contribution in [0.25, 0.3) is 6.08 Å². The number of halogens is 2. The van der Waals surface area contributed by atoms with Gasteiger partial charge in [-0.25, -0.2) is 0 Å². The third-order valence-corrected chi connectivity index (χ3v) is 3.31. The van der Waals surface area contributed by atoms with Gasteiger partial charge in [-0.3, -0.25) is 4.79 Å².